The van der Waals surface area contributed by atoms with Gasteiger partial charge in [0.25, 0.3) is 0 Å². The molecule has 0 unspecified atom stereocenters. The second kappa shape index (κ2) is 14.3. The average Bonchev–Trinajstić information content (AvgIpc) is 3.51. The van der Waals surface area contributed by atoms with Gasteiger partial charge in [-0.25, -0.2) is 19.4 Å². The minimum atomic E-state index is -0.365. The van der Waals surface area contributed by atoms with Crippen molar-refractivity contribution in [3.05, 3.63) is 126 Å². The highest BCUT2D eigenvalue weighted by Gasteiger charge is 2.22. The molecule has 10 nitrogen and oxygen atoms in total. The van der Waals surface area contributed by atoms with E-state index in [0.29, 0.717) is 37.0 Å². The summed E-state index contributed by atoms with van der Waals surface area (Å²) in [5.41, 5.74) is 5.27. The number of aryl methyl sites for hydroxylation is 1. The van der Waals surface area contributed by atoms with E-state index in [1.807, 2.05) is 97.9 Å². The summed E-state index contributed by atoms with van der Waals surface area (Å²) in [6, 6.07) is 29.0. The topological polar surface area (TPSA) is 119 Å². The molecular weight excluding hydrogens is 600 g/mol. The van der Waals surface area contributed by atoms with E-state index in [4.69, 9.17) is 9.84 Å². The van der Waals surface area contributed by atoms with Crippen LogP contribution in [0.3, 0.4) is 0 Å². The molecule has 48 heavy (non-hydrogen) atoms. The van der Waals surface area contributed by atoms with Gasteiger partial charge in [-0.05, 0) is 49.4 Å². The quantitative estimate of drug-likeness (QED) is 0.133. The highest BCUT2D eigenvalue weighted by atomic mass is 16.5. The number of pyridine rings is 1. The minimum absolute atomic E-state index is 0.192. The fourth-order valence-corrected chi connectivity index (χ4v) is 5.23. The van der Waals surface area contributed by atoms with E-state index in [1.54, 1.807) is 17.1 Å². The third-order valence-electron chi connectivity index (χ3n) is 7.85. The molecule has 0 bridgehead atoms. The number of carbonyl (C=O) groups is 1. The average molecular weight is 641 g/mol. The molecule has 10 heteroatoms. The smallest absolute Gasteiger partial charge is 0.324 e. The fraction of sp³-hybridized carbons (Fsp3) is 0.237. The number of urea groups is 1. The molecule has 0 saturated heterocycles. The van der Waals surface area contributed by atoms with E-state index in [1.165, 1.54) is 0 Å². The van der Waals surface area contributed by atoms with Gasteiger partial charge in [0.15, 0.2) is 0 Å². The number of ether oxygens (including phenoxy) is 1. The summed E-state index contributed by atoms with van der Waals surface area (Å²) < 4.78 is 8.01. The Morgan fingerprint density at radius 2 is 1.60 bits per heavy atom. The molecule has 0 aliphatic heterocycles. The molecule has 3 heterocycles. The predicted molar refractivity (Wildman–Crippen MR) is 191 cm³/mol. The van der Waals surface area contributed by atoms with Crippen LogP contribution in [-0.4, -0.2) is 43.9 Å². The van der Waals surface area contributed by atoms with Gasteiger partial charge in [-0.2, -0.15) is 5.10 Å². The van der Waals surface area contributed by atoms with E-state index in [0.717, 1.165) is 51.3 Å². The first-order chi connectivity index (χ1) is 23.2. The summed E-state index contributed by atoms with van der Waals surface area (Å²) in [5.74, 6) is 1.90. The molecule has 0 radical (unpaired) electrons. The highest BCUT2D eigenvalue weighted by molar-refractivity contribution is 6.07. The lowest BCUT2D eigenvalue weighted by atomic mass is 9.92. The Labute approximate surface area is 280 Å². The summed E-state index contributed by atoms with van der Waals surface area (Å²) in [4.78, 5) is 26.7. The van der Waals surface area contributed by atoms with Crippen molar-refractivity contribution in [1.29, 1.82) is 0 Å². The molecule has 6 rings (SSSR count). The summed E-state index contributed by atoms with van der Waals surface area (Å²) >= 11 is 0. The minimum Gasteiger partial charge on any atom is -0.493 e. The lowest BCUT2D eigenvalue weighted by Gasteiger charge is -2.14. The number of fused-ring (bicyclic) bond motifs is 1. The van der Waals surface area contributed by atoms with Crippen molar-refractivity contribution >= 4 is 34.3 Å². The standard InChI is InChI=1S/C38H40N8O2/c1-26-12-14-29(15-13-26)46-35(25-34(45-46)38(2,3)4)44-37(47)43-32-16-17-33(31-11-6-5-10-30(31)32)48-24-20-28-19-23-41-36(42-28)40-22-18-27-9-7-8-21-39-27/h5-17,19,21,23,25H,18,20,22,24H2,1-4H3,(H,40,41,42)(H2,43,44,47). The Morgan fingerprint density at radius 1 is 0.812 bits per heavy atom. The van der Waals surface area contributed by atoms with Crippen molar-refractivity contribution < 1.29 is 9.53 Å². The molecule has 244 valence electrons. The molecule has 0 atom stereocenters. The van der Waals surface area contributed by atoms with Crippen LogP contribution in [0.2, 0.25) is 0 Å². The molecule has 6 aromatic rings. The van der Waals surface area contributed by atoms with Gasteiger partial charge in [0, 0.05) is 65.4 Å². The van der Waals surface area contributed by atoms with Gasteiger partial charge in [-0.1, -0.05) is 68.8 Å². The molecule has 3 aromatic heterocycles. The van der Waals surface area contributed by atoms with E-state index in [-0.39, 0.29) is 11.4 Å². The van der Waals surface area contributed by atoms with Crippen molar-refractivity contribution in [2.24, 2.45) is 0 Å². The third-order valence-corrected chi connectivity index (χ3v) is 7.85. The van der Waals surface area contributed by atoms with Gasteiger partial charge in [0.05, 0.1) is 23.7 Å². The van der Waals surface area contributed by atoms with Gasteiger partial charge in [-0.15, -0.1) is 0 Å². The van der Waals surface area contributed by atoms with Crippen molar-refractivity contribution in [3.63, 3.8) is 0 Å². The maximum Gasteiger partial charge on any atom is 0.324 e. The highest BCUT2D eigenvalue weighted by Crippen LogP contribution is 2.32. The first-order valence-corrected chi connectivity index (χ1v) is 16.1. The molecule has 0 fully saturated rings. The Kier molecular flexibility index (Phi) is 9.61. The molecule has 0 aliphatic rings. The molecule has 3 aromatic carbocycles. The molecule has 0 spiro atoms. The monoisotopic (exact) mass is 640 g/mol. The number of amides is 2. The second-order valence-corrected chi connectivity index (χ2v) is 12.6. The zero-order valence-electron chi connectivity index (χ0n) is 27.7. The second-order valence-electron chi connectivity index (χ2n) is 12.6. The molecule has 3 N–H and O–H groups in total. The number of rotatable bonds is 11. The fourth-order valence-electron chi connectivity index (χ4n) is 5.23. The van der Waals surface area contributed by atoms with Crippen LogP contribution in [0, 0.1) is 6.92 Å². The lowest BCUT2D eigenvalue weighted by Crippen LogP contribution is -2.21. The van der Waals surface area contributed by atoms with Crippen molar-refractivity contribution in [2.45, 2.75) is 46.0 Å². The number of nitrogens with one attached hydrogen (secondary N) is 3. The van der Waals surface area contributed by atoms with E-state index < -0.39 is 0 Å². The number of nitrogens with zero attached hydrogens (tertiary/aromatic N) is 5. The van der Waals surface area contributed by atoms with Gasteiger partial charge < -0.3 is 15.4 Å². The molecular formula is C38H40N8O2. The SMILES string of the molecule is Cc1ccc(-n2nc(C(C)(C)C)cc2NC(=O)Nc2ccc(OCCc3ccnc(NCCc4ccccn4)n3)c3ccccc23)cc1. The maximum absolute atomic E-state index is 13.4. The number of hydrogen-bond acceptors (Lipinski definition) is 7. The Hall–Kier alpha value is -5.77. The van der Waals surface area contributed by atoms with Crippen LogP contribution in [0.15, 0.2) is 103 Å². The molecule has 2 amide bonds. The Morgan fingerprint density at radius 3 is 2.38 bits per heavy atom. The van der Waals surface area contributed by atoms with Gasteiger partial charge in [-0.3, -0.25) is 10.3 Å². The van der Waals surface area contributed by atoms with Crippen LogP contribution in [0.1, 0.15) is 43.4 Å². The summed E-state index contributed by atoms with van der Waals surface area (Å²) in [6.45, 7) is 9.46. The Balaban J connectivity index is 1.11. The molecule has 0 saturated carbocycles. The van der Waals surface area contributed by atoms with Crippen molar-refractivity contribution in [2.75, 3.05) is 29.1 Å². The number of aromatic nitrogens is 5. The van der Waals surface area contributed by atoms with E-state index >= 15 is 0 Å². The summed E-state index contributed by atoms with van der Waals surface area (Å²) in [5, 5.41) is 15.9. The van der Waals surface area contributed by atoms with Crippen LogP contribution in [0.25, 0.3) is 16.5 Å². The maximum atomic E-state index is 13.4. The lowest BCUT2D eigenvalue weighted by molar-refractivity contribution is 0.262. The zero-order chi connectivity index (χ0) is 33.5. The first kappa shape index (κ1) is 32.2. The normalized spacial score (nSPS) is 11.3. The van der Waals surface area contributed by atoms with Crippen LogP contribution < -0.4 is 20.7 Å². The van der Waals surface area contributed by atoms with Crippen LogP contribution in [-0.2, 0) is 18.3 Å². The molecule has 0 aliphatic carbocycles. The number of carbonyl (C=O) groups excluding carboxylic acids is 1. The zero-order valence-corrected chi connectivity index (χ0v) is 27.7. The van der Waals surface area contributed by atoms with Crippen LogP contribution in [0.5, 0.6) is 5.75 Å². The van der Waals surface area contributed by atoms with Gasteiger partial charge in [0.1, 0.15) is 11.6 Å². The van der Waals surface area contributed by atoms with E-state index in [9.17, 15) is 4.79 Å². The third kappa shape index (κ3) is 7.95. The summed E-state index contributed by atoms with van der Waals surface area (Å²) in [6.07, 6.45) is 4.95. The number of anilines is 3. The number of hydrogen-bond donors (Lipinski definition) is 3. The number of benzene rings is 3. The van der Waals surface area contributed by atoms with Crippen molar-refractivity contribution in [3.8, 4) is 11.4 Å². The summed E-state index contributed by atoms with van der Waals surface area (Å²) in [7, 11) is 0. The van der Waals surface area contributed by atoms with Gasteiger partial charge in [0.2, 0.25) is 5.95 Å². The predicted octanol–water partition coefficient (Wildman–Crippen LogP) is 7.74. The van der Waals surface area contributed by atoms with Crippen molar-refractivity contribution in [1.82, 2.24) is 24.7 Å². The first-order valence-electron chi connectivity index (χ1n) is 16.1. The van der Waals surface area contributed by atoms with E-state index in [2.05, 4.69) is 51.7 Å². The largest absolute Gasteiger partial charge is 0.493 e. The van der Waals surface area contributed by atoms with Crippen LogP contribution in [0.4, 0.5) is 22.2 Å². The van der Waals surface area contributed by atoms with Crippen LogP contribution >= 0.6 is 0 Å². The van der Waals surface area contributed by atoms with Gasteiger partial charge >= 0.3 is 6.03 Å². The Bertz CT molecular complexity index is 2000.